The lowest BCUT2D eigenvalue weighted by Gasteiger charge is -2.35. The van der Waals surface area contributed by atoms with Crippen molar-refractivity contribution in [3.05, 3.63) is 28.8 Å². The number of rotatable bonds is 2. The van der Waals surface area contributed by atoms with Crippen LogP contribution in [0.15, 0.2) is 18.2 Å². The molecule has 1 fully saturated rings. The van der Waals surface area contributed by atoms with Crippen LogP contribution in [0.4, 0.5) is 0 Å². The Hall–Kier alpha value is -1.26. The topological polar surface area (TPSA) is 38.8 Å². The third-order valence-electron chi connectivity index (χ3n) is 4.37. The molecule has 21 heavy (non-hydrogen) atoms. The molecule has 0 saturated carbocycles. The molecule has 0 N–H and O–H groups in total. The van der Waals surface area contributed by atoms with Crippen molar-refractivity contribution in [3.63, 3.8) is 0 Å². The summed E-state index contributed by atoms with van der Waals surface area (Å²) in [7, 11) is 1.73. The quantitative estimate of drug-likeness (QED) is 0.842. The third-order valence-corrected chi connectivity index (χ3v) is 4.60. The number of likely N-dealkylation sites (tertiary alicyclic amines) is 1. The summed E-state index contributed by atoms with van der Waals surface area (Å²) in [4.78, 5) is 14.6. The van der Waals surface area contributed by atoms with Gasteiger partial charge in [0.1, 0.15) is 12.4 Å². The molecule has 3 rings (SSSR count). The molecule has 1 saturated heterocycles. The summed E-state index contributed by atoms with van der Waals surface area (Å²) >= 11 is 6.02. The Balaban J connectivity index is 1.64. The van der Waals surface area contributed by atoms with Crippen LogP contribution < -0.4 is 4.74 Å². The molecular formula is C16H20ClNO3. The van der Waals surface area contributed by atoms with Gasteiger partial charge in [-0.25, -0.2) is 0 Å². The van der Waals surface area contributed by atoms with Gasteiger partial charge in [-0.2, -0.15) is 0 Å². The van der Waals surface area contributed by atoms with Crippen molar-refractivity contribution in [3.8, 4) is 5.75 Å². The third kappa shape index (κ3) is 3.16. The summed E-state index contributed by atoms with van der Waals surface area (Å²) in [6, 6.07) is 5.59. The number of hydrogen-bond donors (Lipinski definition) is 0. The molecule has 1 atom stereocenters. The fraction of sp³-hybridized carbons (Fsp3) is 0.562. The number of hydrogen-bond acceptors (Lipinski definition) is 3. The van der Waals surface area contributed by atoms with Crippen molar-refractivity contribution in [1.82, 2.24) is 4.90 Å². The van der Waals surface area contributed by atoms with E-state index in [4.69, 9.17) is 21.1 Å². The lowest BCUT2D eigenvalue weighted by Crippen LogP contribution is -2.46. The Morgan fingerprint density at radius 2 is 2.14 bits per heavy atom. The Labute approximate surface area is 130 Å². The Morgan fingerprint density at radius 1 is 1.38 bits per heavy atom. The van der Waals surface area contributed by atoms with E-state index >= 15 is 0 Å². The highest BCUT2D eigenvalue weighted by atomic mass is 35.5. The largest absolute Gasteiger partial charge is 0.492 e. The Bertz CT molecular complexity index is 526. The summed E-state index contributed by atoms with van der Waals surface area (Å²) in [6.45, 7) is 2.00. The minimum Gasteiger partial charge on any atom is -0.492 e. The van der Waals surface area contributed by atoms with Crippen LogP contribution in [-0.4, -0.2) is 43.7 Å². The van der Waals surface area contributed by atoms with Crippen LogP contribution in [0.2, 0.25) is 5.02 Å². The first-order valence-electron chi connectivity index (χ1n) is 7.40. The first-order valence-corrected chi connectivity index (χ1v) is 7.78. The van der Waals surface area contributed by atoms with Gasteiger partial charge >= 0.3 is 0 Å². The molecular weight excluding hydrogens is 290 g/mol. The van der Waals surface area contributed by atoms with Crippen molar-refractivity contribution in [2.45, 2.75) is 25.4 Å². The van der Waals surface area contributed by atoms with Gasteiger partial charge in [0.05, 0.1) is 12.0 Å². The number of nitrogens with zero attached hydrogens (tertiary/aromatic N) is 1. The van der Waals surface area contributed by atoms with Crippen LogP contribution >= 0.6 is 11.6 Å². The van der Waals surface area contributed by atoms with Crippen LogP contribution in [0.25, 0.3) is 0 Å². The van der Waals surface area contributed by atoms with E-state index in [0.29, 0.717) is 18.1 Å². The molecule has 0 radical (unpaired) electrons. The maximum absolute atomic E-state index is 12.6. The fourth-order valence-electron chi connectivity index (χ4n) is 3.09. The van der Waals surface area contributed by atoms with Crippen LogP contribution in [0.5, 0.6) is 5.75 Å². The molecule has 2 aliphatic heterocycles. The molecule has 0 aromatic heterocycles. The molecule has 4 nitrogen and oxygen atoms in total. The molecule has 0 spiro atoms. The number of carbonyl (C=O) groups is 1. The first-order chi connectivity index (χ1) is 10.2. The van der Waals surface area contributed by atoms with Crippen LogP contribution in [0, 0.1) is 5.92 Å². The highest BCUT2D eigenvalue weighted by Crippen LogP contribution is 2.31. The number of ether oxygens (including phenoxy) is 2. The molecule has 1 aromatic rings. The maximum atomic E-state index is 12.6. The Morgan fingerprint density at radius 3 is 2.86 bits per heavy atom. The Kier molecular flexibility index (Phi) is 4.36. The number of amides is 1. The minimum atomic E-state index is -0.102. The van der Waals surface area contributed by atoms with Crippen molar-refractivity contribution >= 4 is 17.5 Å². The molecule has 0 unspecified atom stereocenters. The van der Waals surface area contributed by atoms with Crippen molar-refractivity contribution in [2.24, 2.45) is 5.92 Å². The lowest BCUT2D eigenvalue weighted by molar-refractivity contribution is -0.139. The zero-order chi connectivity index (χ0) is 14.8. The van der Waals surface area contributed by atoms with E-state index in [9.17, 15) is 4.79 Å². The van der Waals surface area contributed by atoms with Crippen molar-refractivity contribution < 1.29 is 14.3 Å². The number of halogens is 1. The average Bonchev–Trinajstić information content (AvgIpc) is 2.53. The normalized spacial score (nSPS) is 22.6. The van der Waals surface area contributed by atoms with E-state index < -0.39 is 0 Å². The second-order valence-electron chi connectivity index (χ2n) is 5.72. The van der Waals surface area contributed by atoms with Gasteiger partial charge in [-0.1, -0.05) is 11.6 Å². The highest BCUT2D eigenvalue weighted by molar-refractivity contribution is 6.30. The van der Waals surface area contributed by atoms with E-state index in [-0.39, 0.29) is 17.9 Å². The zero-order valence-corrected chi connectivity index (χ0v) is 12.9. The van der Waals surface area contributed by atoms with Crippen LogP contribution in [-0.2, 0) is 16.0 Å². The van der Waals surface area contributed by atoms with Crippen LogP contribution in [0.1, 0.15) is 18.4 Å². The van der Waals surface area contributed by atoms with Gasteiger partial charge < -0.3 is 14.4 Å². The predicted molar refractivity (Wildman–Crippen MR) is 80.8 cm³/mol. The first kappa shape index (κ1) is 14.7. The molecule has 0 aliphatic carbocycles. The van der Waals surface area contributed by atoms with E-state index in [1.807, 2.05) is 23.1 Å². The number of fused-ring (bicyclic) bond motifs is 1. The van der Waals surface area contributed by atoms with Gasteiger partial charge in [0.25, 0.3) is 0 Å². The van der Waals surface area contributed by atoms with E-state index in [1.165, 1.54) is 0 Å². The lowest BCUT2D eigenvalue weighted by atomic mass is 9.94. The SMILES string of the molecule is COC1CCN(C(=O)[C@H]2COc3ccc(Cl)cc3C2)CC1. The molecule has 0 bridgehead atoms. The van der Waals surface area contributed by atoms with Crippen molar-refractivity contribution in [1.29, 1.82) is 0 Å². The monoisotopic (exact) mass is 309 g/mol. The maximum Gasteiger partial charge on any atom is 0.229 e. The molecule has 2 heterocycles. The number of piperidine rings is 1. The van der Waals surface area contributed by atoms with Crippen LogP contribution in [0.3, 0.4) is 0 Å². The summed E-state index contributed by atoms with van der Waals surface area (Å²) in [5, 5.41) is 0.686. The summed E-state index contributed by atoms with van der Waals surface area (Å²) in [6.07, 6.45) is 2.83. The zero-order valence-electron chi connectivity index (χ0n) is 12.2. The van der Waals surface area contributed by atoms with E-state index in [0.717, 1.165) is 37.2 Å². The average molecular weight is 310 g/mol. The van der Waals surface area contributed by atoms with Gasteiger partial charge in [-0.15, -0.1) is 0 Å². The van der Waals surface area contributed by atoms with Gasteiger partial charge in [-0.3, -0.25) is 4.79 Å². The highest BCUT2D eigenvalue weighted by Gasteiger charge is 2.31. The number of methoxy groups -OCH3 is 1. The molecule has 1 aromatic carbocycles. The molecule has 2 aliphatic rings. The summed E-state index contributed by atoms with van der Waals surface area (Å²) in [5.41, 5.74) is 1.03. The summed E-state index contributed by atoms with van der Waals surface area (Å²) in [5.74, 6) is 0.937. The smallest absolute Gasteiger partial charge is 0.229 e. The number of benzene rings is 1. The molecule has 1 amide bonds. The second kappa shape index (κ2) is 6.24. The molecule has 114 valence electrons. The second-order valence-corrected chi connectivity index (χ2v) is 6.16. The fourth-order valence-corrected chi connectivity index (χ4v) is 3.29. The van der Waals surface area contributed by atoms with E-state index in [1.54, 1.807) is 7.11 Å². The summed E-state index contributed by atoms with van der Waals surface area (Å²) < 4.78 is 11.1. The van der Waals surface area contributed by atoms with Gasteiger partial charge in [-0.05, 0) is 43.0 Å². The van der Waals surface area contributed by atoms with E-state index in [2.05, 4.69) is 0 Å². The minimum absolute atomic E-state index is 0.102. The predicted octanol–water partition coefficient (Wildman–Crippen LogP) is 2.53. The number of carbonyl (C=O) groups excluding carboxylic acids is 1. The standard InChI is InChI=1S/C16H20ClNO3/c1-20-14-4-6-18(7-5-14)16(19)12-8-11-9-13(17)2-3-15(11)21-10-12/h2-3,9,12,14H,4-8,10H2,1H3/t12-/m1/s1. The van der Waals surface area contributed by atoms with Gasteiger partial charge in [0.2, 0.25) is 5.91 Å². The van der Waals surface area contributed by atoms with Gasteiger partial charge in [0, 0.05) is 25.2 Å². The van der Waals surface area contributed by atoms with Gasteiger partial charge in [0.15, 0.2) is 0 Å². The molecule has 5 heteroatoms. The van der Waals surface area contributed by atoms with Crippen molar-refractivity contribution in [2.75, 3.05) is 26.8 Å².